The second-order valence-electron chi connectivity index (χ2n) is 8.61. The Bertz CT molecular complexity index is 956. The lowest BCUT2D eigenvalue weighted by atomic mass is 9.91. The van der Waals surface area contributed by atoms with Gasteiger partial charge in [0.1, 0.15) is 11.4 Å². The van der Waals surface area contributed by atoms with Crippen LogP contribution in [-0.4, -0.2) is 81.8 Å². The lowest BCUT2D eigenvalue weighted by molar-refractivity contribution is -0.0651. The highest BCUT2D eigenvalue weighted by molar-refractivity contribution is 7.89. The number of hydrogen-bond acceptors (Lipinski definition) is 6. The predicted molar refractivity (Wildman–Crippen MR) is 112 cm³/mol. The van der Waals surface area contributed by atoms with Gasteiger partial charge in [0.15, 0.2) is 0 Å². The number of hydrogen-bond donors (Lipinski definition) is 2. The van der Waals surface area contributed by atoms with Crippen LogP contribution in [0.1, 0.15) is 18.7 Å². The SMILES string of the molecule is Cn1ccnc1CC1CCN(C[C@]2(O)CN(S(=O)(=O)c3ccccc3)C[C@H]2O)CC1. The van der Waals surface area contributed by atoms with E-state index >= 15 is 0 Å². The number of likely N-dealkylation sites (tertiary alicyclic amines) is 1. The molecule has 1 aromatic carbocycles. The fourth-order valence-corrected chi connectivity index (χ4v) is 6.04. The normalized spacial score (nSPS) is 27.0. The second-order valence-corrected chi connectivity index (χ2v) is 10.5. The zero-order valence-corrected chi connectivity index (χ0v) is 18.1. The average Bonchev–Trinajstić information content (AvgIpc) is 3.27. The first kappa shape index (κ1) is 21.5. The maximum absolute atomic E-state index is 12.9. The quantitative estimate of drug-likeness (QED) is 0.686. The Labute approximate surface area is 177 Å². The number of nitrogens with zero attached hydrogens (tertiary/aromatic N) is 4. The van der Waals surface area contributed by atoms with Crippen molar-refractivity contribution in [3.05, 3.63) is 48.5 Å². The number of aryl methyl sites for hydroxylation is 1. The van der Waals surface area contributed by atoms with Crippen LogP contribution in [-0.2, 0) is 23.5 Å². The van der Waals surface area contributed by atoms with Crippen molar-refractivity contribution in [2.75, 3.05) is 32.7 Å². The maximum atomic E-state index is 12.9. The standard InChI is InChI=1S/C21H30N4O4S/c1-23-12-9-22-20(23)13-17-7-10-24(11-8-17)15-21(27)16-25(14-19(21)26)30(28,29)18-5-3-2-4-6-18/h2-6,9,12,17,19,26-27H,7-8,10-11,13-16H2,1H3/t19-,21+/m1/s1. The lowest BCUT2D eigenvalue weighted by Crippen LogP contribution is -2.53. The first-order chi connectivity index (χ1) is 14.3. The lowest BCUT2D eigenvalue weighted by Gasteiger charge is -2.37. The largest absolute Gasteiger partial charge is 0.389 e. The molecule has 0 bridgehead atoms. The smallest absolute Gasteiger partial charge is 0.243 e. The second kappa shape index (κ2) is 8.39. The van der Waals surface area contributed by atoms with Crippen molar-refractivity contribution in [3.8, 4) is 0 Å². The van der Waals surface area contributed by atoms with E-state index < -0.39 is 21.7 Å². The highest BCUT2D eigenvalue weighted by Gasteiger charge is 2.49. The van der Waals surface area contributed by atoms with E-state index in [-0.39, 0.29) is 24.5 Å². The van der Waals surface area contributed by atoms with Gasteiger partial charge >= 0.3 is 0 Å². The summed E-state index contributed by atoms with van der Waals surface area (Å²) in [5, 5.41) is 21.6. The molecule has 0 unspecified atom stereocenters. The Morgan fingerprint density at radius 1 is 1.20 bits per heavy atom. The zero-order chi connectivity index (χ0) is 21.4. The molecule has 2 N–H and O–H groups in total. The van der Waals surface area contributed by atoms with Crippen molar-refractivity contribution >= 4 is 10.0 Å². The van der Waals surface area contributed by atoms with Crippen LogP contribution in [0.5, 0.6) is 0 Å². The molecule has 0 amide bonds. The van der Waals surface area contributed by atoms with Crippen LogP contribution in [0, 0.1) is 5.92 Å². The third-order valence-corrected chi connectivity index (χ3v) is 8.25. The molecular formula is C21H30N4O4S. The summed E-state index contributed by atoms with van der Waals surface area (Å²) in [6.07, 6.45) is 5.58. The molecule has 2 fully saturated rings. The highest BCUT2D eigenvalue weighted by atomic mass is 32.2. The summed E-state index contributed by atoms with van der Waals surface area (Å²) in [5.74, 6) is 1.63. The van der Waals surface area contributed by atoms with Crippen LogP contribution in [0.3, 0.4) is 0 Å². The number of aliphatic hydroxyl groups excluding tert-OH is 1. The average molecular weight is 435 g/mol. The number of piperidine rings is 1. The van der Waals surface area contributed by atoms with Crippen molar-refractivity contribution in [1.29, 1.82) is 0 Å². The summed E-state index contributed by atoms with van der Waals surface area (Å²) in [4.78, 5) is 6.72. The van der Waals surface area contributed by atoms with Crippen molar-refractivity contribution in [2.24, 2.45) is 13.0 Å². The molecule has 4 rings (SSSR count). The molecule has 164 valence electrons. The van der Waals surface area contributed by atoms with Crippen molar-refractivity contribution in [3.63, 3.8) is 0 Å². The molecule has 2 saturated heterocycles. The van der Waals surface area contributed by atoms with Gasteiger partial charge in [0.25, 0.3) is 0 Å². The van der Waals surface area contributed by atoms with E-state index in [1.165, 1.54) is 16.4 Å². The van der Waals surface area contributed by atoms with E-state index in [0.29, 0.717) is 5.92 Å². The minimum absolute atomic E-state index is 0.0939. The summed E-state index contributed by atoms with van der Waals surface area (Å²) in [5.41, 5.74) is -1.46. The molecule has 0 spiro atoms. The van der Waals surface area contributed by atoms with Gasteiger partial charge in [-0.2, -0.15) is 4.31 Å². The van der Waals surface area contributed by atoms with Crippen LogP contribution in [0.4, 0.5) is 0 Å². The number of aliphatic hydroxyl groups is 2. The van der Waals surface area contributed by atoms with Crippen LogP contribution in [0.15, 0.2) is 47.6 Å². The molecule has 3 heterocycles. The molecule has 2 atom stereocenters. The van der Waals surface area contributed by atoms with E-state index in [4.69, 9.17) is 0 Å². The Morgan fingerprint density at radius 2 is 1.90 bits per heavy atom. The molecule has 0 saturated carbocycles. The minimum atomic E-state index is -3.74. The number of aromatic nitrogens is 2. The number of sulfonamides is 1. The summed E-state index contributed by atoms with van der Waals surface area (Å²) in [6.45, 7) is 1.71. The molecule has 2 aromatic rings. The summed E-state index contributed by atoms with van der Waals surface area (Å²) in [6, 6.07) is 8.16. The third kappa shape index (κ3) is 4.31. The summed E-state index contributed by atoms with van der Waals surface area (Å²) in [7, 11) is -1.74. The molecule has 0 radical (unpaired) electrons. The van der Waals surface area contributed by atoms with Gasteiger partial charge in [-0.05, 0) is 44.0 Å². The first-order valence-corrected chi connectivity index (χ1v) is 11.9. The van der Waals surface area contributed by atoms with Gasteiger partial charge in [-0.3, -0.25) is 0 Å². The predicted octanol–water partition coefficient (Wildman–Crippen LogP) is 0.471. The highest BCUT2D eigenvalue weighted by Crippen LogP contribution is 2.30. The van der Waals surface area contributed by atoms with Gasteiger partial charge in [0.2, 0.25) is 10.0 Å². The monoisotopic (exact) mass is 434 g/mol. The van der Waals surface area contributed by atoms with Gasteiger partial charge < -0.3 is 19.7 Å². The fourth-order valence-electron chi connectivity index (χ4n) is 4.51. The molecule has 2 aliphatic heterocycles. The molecular weight excluding hydrogens is 404 g/mol. The van der Waals surface area contributed by atoms with Crippen LogP contribution in [0.2, 0.25) is 0 Å². The molecule has 0 aliphatic carbocycles. The topological polar surface area (TPSA) is 98.9 Å². The number of rotatable bonds is 6. The molecule has 30 heavy (non-hydrogen) atoms. The Kier molecular flexibility index (Phi) is 6.00. The third-order valence-electron chi connectivity index (χ3n) is 6.42. The van der Waals surface area contributed by atoms with Gasteiger partial charge in [-0.15, -0.1) is 0 Å². The van der Waals surface area contributed by atoms with E-state index in [1.54, 1.807) is 18.2 Å². The fraction of sp³-hybridized carbons (Fsp3) is 0.571. The minimum Gasteiger partial charge on any atom is -0.389 e. The van der Waals surface area contributed by atoms with Crippen LogP contribution < -0.4 is 0 Å². The van der Waals surface area contributed by atoms with E-state index in [0.717, 1.165) is 38.2 Å². The molecule has 2 aliphatic rings. The Balaban J connectivity index is 1.35. The van der Waals surface area contributed by atoms with E-state index in [2.05, 4.69) is 9.88 Å². The summed E-state index contributed by atoms with van der Waals surface area (Å²) < 4.78 is 29.0. The van der Waals surface area contributed by atoms with E-state index in [1.807, 2.05) is 24.0 Å². The first-order valence-electron chi connectivity index (χ1n) is 10.4. The van der Waals surface area contributed by atoms with Crippen LogP contribution in [0.25, 0.3) is 0 Å². The summed E-state index contributed by atoms with van der Waals surface area (Å²) >= 11 is 0. The van der Waals surface area contributed by atoms with Gasteiger partial charge in [-0.25, -0.2) is 13.4 Å². The molecule has 9 heteroatoms. The molecule has 8 nitrogen and oxygen atoms in total. The number of imidazole rings is 1. The number of β-amino-alcohol motifs (C(OH)–C–C–N with tert-alkyl or cyclic N) is 2. The van der Waals surface area contributed by atoms with Gasteiger partial charge in [0, 0.05) is 45.5 Å². The van der Waals surface area contributed by atoms with Gasteiger partial charge in [-0.1, -0.05) is 18.2 Å². The molecule has 1 aromatic heterocycles. The van der Waals surface area contributed by atoms with Crippen LogP contribution >= 0.6 is 0 Å². The Hall–Kier alpha value is -1.78. The van der Waals surface area contributed by atoms with Crippen molar-refractivity contribution in [2.45, 2.75) is 35.9 Å². The van der Waals surface area contributed by atoms with E-state index in [9.17, 15) is 18.6 Å². The zero-order valence-electron chi connectivity index (χ0n) is 17.3. The Morgan fingerprint density at radius 3 is 2.53 bits per heavy atom. The van der Waals surface area contributed by atoms with Crippen molar-refractivity contribution < 1.29 is 18.6 Å². The van der Waals surface area contributed by atoms with Crippen molar-refractivity contribution in [1.82, 2.24) is 18.8 Å². The maximum Gasteiger partial charge on any atom is 0.243 e. The van der Waals surface area contributed by atoms with Gasteiger partial charge in [0.05, 0.1) is 11.0 Å². The number of benzene rings is 1.